The molecule has 5 N–H and O–H groups in total. The van der Waals surface area contributed by atoms with Gasteiger partial charge in [0, 0.05) is 43.0 Å². The number of ether oxygens (including phenoxy) is 5. The number of imidazole rings is 2. The molecule has 0 radical (unpaired) electrons. The van der Waals surface area contributed by atoms with Crippen LogP contribution in [0.1, 0.15) is 102 Å². The molecule has 5 aromatic rings. The number of benzene rings is 3. The van der Waals surface area contributed by atoms with Crippen LogP contribution in [0.4, 0.5) is 9.59 Å². The molecule has 0 aliphatic carbocycles. The Bertz CT molecular complexity index is 2620. The predicted molar refractivity (Wildman–Crippen MR) is 252 cm³/mol. The molecular weight excluding hydrogens is 857 g/mol. The van der Waals surface area contributed by atoms with Gasteiger partial charge in [0.15, 0.2) is 0 Å². The molecule has 8 atom stereocenters. The molecule has 6 heterocycles. The third kappa shape index (κ3) is 9.94. The van der Waals surface area contributed by atoms with E-state index in [4.69, 9.17) is 28.9 Å². The minimum atomic E-state index is -0.745. The second kappa shape index (κ2) is 20.0. The van der Waals surface area contributed by atoms with Crippen LogP contribution in [0, 0.1) is 17.8 Å². The highest BCUT2D eigenvalue weighted by atomic mass is 16.5. The summed E-state index contributed by atoms with van der Waals surface area (Å²) in [5.41, 5.74) is 11.2. The van der Waals surface area contributed by atoms with Crippen LogP contribution in [0.2, 0.25) is 0 Å². The summed E-state index contributed by atoms with van der Waals surface area (Å²) in [6.45, 7) is 11.8. The number of nitrogens with one attached hydrogen (secondary N) is 3. The van der Waals surface area contributed by atoms with E-state index in [1.54, 1.807) is 7.11 Å². The van der Waals surface area contributed by atoms with Gasteiger partial charge in [-0.15, -0.1) is 0 Å². The number of hydrogen-bond acceptors (Lipinski definition) is 11. The van der Waals surface area contributed by atoms with Gasteiger partial charge < -0.3 is 54.5 Å². The number of hydrogen-bond donors (Lipinski definition) is 4. The highest BCUT2D eigenvalue weighted by Crippen LogP contribution is 2.44. The molecule has 9 rings (SSSR count). The number of amides is 4. The molecule has 3 aromatic carbocycles. The van der Waals surface area contributed by atoms with E-state index in [9.17, 15) is 19.2 Å². The van der Waals surface area contributed by atoms with E-state index in [1.807, 2.05) is 42.8 Å². The number of carbonyl (C=O) groups excluding carboxylic acids is 4. The average Bonchev–Trinajstić information content (AvgIpc) is 4.13. The molecule has 17 heteroatoms. The summed E-state index contributed by atoms with van der Waals surface area (Å²) in [7, 11) is 4.25. The topological polar surface area (TPSA) is 216 Å². The van der Waals surface area contributed by atoms with E-state index in [2.05, 4.69) is 76.0 Å². The van der Waals surface area contributed by atoms with E-state index in [0.29, 0.717) is 32.1 Å². The highest BCUT2D eigenvalue weighted by molar-refractivity contribution is 6.07. The number of nitrogens with two attached hydrogens (primary N) is 1. The number of fused-ring (bicyclic) bond motifs is 6. The van der Waals surface area contributed by atoms with E-state index in [1.165, 1.54) is 14.2 Å². The summed E-state index contributed by atoms with van der Waals surface area (Å²) in [6.07, 6.45) is 5.56. The zero-order valence-corrected chi connectivity index (χ0v) is 39.7. The number of aromatic nitrogens is 4. The Balaban J connectivity index is 0.00000116. The number of rotatable bonds is 10. The van der Waals surface area contributed by atoms with Crippen molar-refractivity contribution < 1.29 is 42.9 Å². The first-order chi connectivity index (χ1) is 32.1. The van der Waals surface area contributed by atoms with E-state index in [0.717, 1.165) is 99.3 Å². The number of nitrogens with zero attached hydrogens (tertiary/aromatic N) is 4. The number of carbonyl (C=O) groups is 4. The fourth-order valence-corrected chi connectivity index (χ4v) is 10.7. The summed E-state index contributed by atoms with van der Waals surface area (Å²) in [4.78, 5) is 70.4. The lowest BCUT2D eigenvalue weighted by Crippen LogP contribution is -2.52. The second-order valence-electron chi connectivity index (χ2n) is 19.0. The Labute approximate surface area is 390 Å². The standard InChI is InChI=1S/C48H59N7O7.C2H5NO2/c1-25(2)43(53-48(58)60-7)47(57)55-26(3)8-13-39(55)46-50-37-12-10-31-19-36-34-11-9-32(18-33(34)24-61-41(36)20-35(31)44(37)52-46)38-21-49-45(51-38)40-16-30(23-59-6)22-54(40)42(56)17-29-14-27(4)62-28(5)15-29;1-5-2(3)4/h9-12,18-21,25-30,39-40,43H,8,13-17,22-24H2,1-7H3,(H,49,51)(H,50,52)(H,53,58);1H3,(H2,3,4)/t26-,27+,28?,29?,30-,39-,40-,43-;/m0./s1. The summed E-state index contributed by atoms with van der Waals surface area (Å²) >= 11 is 0. The molecule has 0 spiro atoms. The number of aromatic amines is 2. The molecule has 0 bridgehead atoms. The van der Waals surface area contributed by atoms with Crippen molar-refractivity contribution in [3.05, 3.63) is 65.9 Å². The van der Waals surface area contributed by atoms with Gasteiger partial charge in [-0.25, -0.2) is 19.6 Å². The van der Waals surface area contributed by atoms with Gasteiger partial charge in [-0.2, -0.15) is 0 Å². The maximum Gasteiger partial charge on any atom is 0.407 e. The third-order valence-electron chi connectivity index (χ3n) is 13.8. The number of primary amides is 1. The molecule has 17 nitrogen and oxygen atoms in total. The molecule has 3 saturated heterocycles. The van der Waals surface area contributed by atoms with E-state index >= 15 is 0 Å². The van der Waals surface area contributed by atoms with Crippen molar-refractivity contribution in [3.8, 4) is 28.1 Å². The van der Waals surface area contributed by atoms with Crippen LogP contribution in [0.3, 0.4) is 0 Å². The fraction of sp³-hybridized carbons (Fsp3) is 0.520. The fourth-order valence-electron chi connectivity index (χ4n) is 10.7. The van der Waals surface area contributed by atoms with E-state index < -0.39 is 18.2 Å². The minimum Gasteiger partial charge on any atom is -0.488 e. The smallest absolute Gasteiger partial charge is 0.407 e. The summed E-state index contributed by atoms with van der Waals surface area (Å²) < 4.78 is 26.7. The van der Waals surface area contributed by atoms with Gasteiger partial charge in [0.2, 0.25) is 11.8 Å². The first kappa shape index (κ1) is 47.3. The molecule has 0 saturated carbocycles. The lowest BCUT2D eigenvalue weighted by Gasteiger charge is -2.33. The number of likely N-dealkylation sites (tertiary alicyclic amines) is 2. The van der Waals surface area contributed by atoms with Crippen LogP contribution in [0.15, 0.2) is 48.7 Å². The van der Waals surface area contributed by atoms with Gasteiger partial charge in [0.1, 0.15) is 30.0 Å². The number of methoxy groups -OCH3 is 3. The van der Waals surface area contributed by atoms with Gasteiger partial charge in [-0.05, 0) is 111 Å². The van der Waals surface area contributed by atoms with Gasteiger partial charge in [-0.1, -0.05) is 32.0 Å². The highest BCUT2D eigenvalue weighted by Gasteiger charge is 2.42. The van der Waals surface area contributed by atoms with Crippen LogP contribution in [-0.2, 0) is 35.1 Å². The molecule has 2 unspecified atom stereocenters. The molecule has 4 aliphatic heterocycles. The van der Waals surface area contributed by atoms with Crippen molar-refractivity contribution in [2.75, 3.05) is 34.5 Å². The van der Waals surface area contributed by atoms with Crippen molar-refractivity contribution in [2.45, 2.75) is 116 Å². The van der Waals surface area contributed by atoms with Gasteiger partial charge >= 0.3 is 12.2 Å². The first-order valence-corrected chi connectivity index (χ1v) is 23.4. The van der Waals surface area contributed by atoms with Gasteiger partial charge in [0.25, 0.3) is 0 Å². The van der Waals surface area contributed by atoms with Crippen molar-refractivity contribution in [1.29, 1.82) is 0 Å². The molecule has 3 fully saturated rings. The first-order valence-electron chi connectivity index (χ1n) is 23.4. The zero-order chi connectivity index (χ0) is 47.7. The van der Waals surface area contributed by atoms with Crippen LogP contribution in [-0.4, -0.2) is 113 Å². The monoisotopic (exact) mass is 920 g/mol. The minimum absolute atomic E-state index is 0.0165. The van der Waals surface area contributed by atoms with Crippen LogP contribution < -0.4 is 15.8 Å². The maximum absolute atomic E-state index is 14.0. The second-order valence-corrected chi connectivity index (χ2v) is 19.0. The Kier molecular flexibility index (Phi) is 14.1. The van der Waals surface area contributed by atoms with E-state index in [-0.39, 0.29) is 54.0 Å². The SMILES string of the molecule is COC(N)=O.COC[C@H]1C[C@@H](c2ncc(-c3ccc4c(c3)COc3cc5c(ccc6[nH]c([C@@H]7CC[C@H](C)N7C(=O)[C@@H](NC(=O)OC)C(C)C)nc65)cc3-4)[nH]2)N(C(=O)CC2CC(C)O[C@H](C)C2)C1. The normalized spacial score (nSPS) is 23.8. The Morgan fingerprint density at radius 1 is 0.896 bits per heavy atom. The Morgan fingerprint density at radius 2 is 1.66 bits per heavy atom. The number of H-pyrrole nitrogens is 2. The molecule has 4 amide bonds. The molecular formula is C50H64N8O9. The van der Waals surface area contributed by atoms with Crippen molar-refractivity contribution >= 4 is 45.8 Å². The van der Waals surface area contributed by atoms with Gasteiger partial charge in [-0.3, -0.25) is 9.59 Å². The summed E-state index contributed by atoms with van der Waals surface area (Å²) in [5, 5.41) is 4.75. The van der Waals surface area contributed by atoms with Crippen molar-refractivity contribution in [2.24, 2.45) is 23.5 Å². The molecule has 67 heavy (non-hydrogen) atoms. The molecule has 4 aliphatic rings. The Morgan fingerprint density at radius 3 is 2.36 bits per heavy atom. The summed E-state index contributed by atoms with van der Waals surface area (Å²) in [6, 6.07) is 13.7. The maximum atomic E-state index is 14.0. The number of alkyl carbamates (subject to hydrolysis) is 1. The summed E-state index contributed by atoms with van der Waals surface area (Å²) in [5.74, 6) is 2.79. The zero-order valence-electron chi connectivity index (χ0n) is 39.7. The lowest BCUT2D eigenvalue weighted by atomic mass is 9.89. The van der Waals surface area contributed by atoms with Crippen molar-refractivity contribution in [1.82, 2.24) is 35.1 Å². The Hall–Kier alpha value is -6.20. The predicted octanol–water partition coefficient (Wildman–Crippen LogP) is 7.94. The van der Waals surface area contributed by atoms with Gasteiger partial charge in [0.05, 0.1) is 68.0 Å². The third-order valence-corrected chi connectivity index (χ3v) is 13.8. The molecule has 2 aromatic heterocycles. The van der Waals surface area contributed by atoms with Crippen LogP contribution in [0.5, 0.6) is 5.75 Å². The molecule has 358 valence electrons. The lowest BCUT2D eigenvalue weighted by molar-refractivity contribution is -0.137. The van der Waals surface area contributed by atoms with Crippen molar-refractivity contribution in [3.63, 3.8) is 0 Å². The quantitative estimate of drug-likeness (QED) is 0.105. The van der Waals surface area contributed by atoms with Crippen LogP contribution >= 0.6 is 0 Å². The largest absolute Gasteiger partial charge is 0.488 e. The van der Waals surface area contributed by atoms with Crippen LogP contribution in [0.25, 0.3) is 44.2 Å². The average molecular weight is 921 g/mol.